The molecule has 0 aliphatic rings. The molecule has 3 aromatic rings. The first kappa shape index (κ1) is 12.5. The maximum absolute atomic E-state index is 11.9. The van der Waals surface area contributed by atoms with E-state index in [1.807, 2.05) is 23.6 Å². The van der Waals surface area contributed by atoms with Crippen LogP contribution in [0.25, 0.3) is 10.4 Å². The van der Waals surface area contributed by atoms with Crippen molar-refractivity contribution in [1.29, 1.82) is 0 Å². The number of thiophene rings is 1. The van der Waals surface area contributed by atoms with Gasteiger partial charge in [-0.25, -0.2) is 4.98 Å². The van der Waals surface area contributed by atoms with Gasteiger partial charge in [-0.15, -0.1) is 11.3 Å². The lowest BCUT2D eigenvalue weighted by atomic mass is 10.2. The zero-order chi connectivity index (χ0) is 13.8. The molecule has 98 valence electrons. The highest BCUT2D eigenvalue weighted by Crippen LogP contribution is 2.24. The molecule has 3 heterocycles. The van der Waals surface area contributed by atoms with Crippen LogP contribution in [0.1, 0.15) is 10.4 Å². The van der Waals surface area contributed by atoms with Crippen LogP contribution in [0.15, 0.2) is 60.4 Å². The van der Waals surface area contributed by atoms with E-state index in [2.05, 4.69) is 15.3 Å². The largest absolute Gasteiger partial charge is 0.307 e. The predicted octanol–water partition coefficient (Wildman–Crippen LogP) is 3.46. The second-order valence-corrected chi connectivity index (χ2v) is 5.05. The third-order valence-electron chi connectivity index (χ3n) is 2.73. The van der Waals surface area contributed by atoms with Gasteiger partial charge in [-0.2, -0.15) is 0 Å². The van der Waals surface area contributed by atoms with Crippen LogP contribution in [-0.4, -0.2) is 15.9 Å². The van der Waals surface area contributed by atoms with E-state index in [-0.39, 0.29) is 5.91 Å². The first-order valence-corrected chi connectivity index (χ1v) is 6.92. The quantitative estimate of drug-likeness (QED) is 0.800. The van der Waals surface area contributed by atoms with Crippen LogP contribution in [0, 0.1) is 0 Å². The van der Waals surface area contributed by atoms with Crippen molar-refractivity contribution in [3.8, 4) is 10.4 Å². The topological polar surface area (TPSA) is 54.9 Å². The third kappa shape index (κ3) is 2.73. The summed E-state index contributed by atoms with van der Waals surface area (Å²) >= 11 is 1.66. The average Bonchev–Trinajstić information content (AvgIpc) is 3.03. The molecule has 0 aromatic carbocycles. The maximum atomic E-state index is 11.9. The van der Waals surface area contributed by atoms with Crippen LogP contribution in [0.4, 0.5) is 5.82 Å². The summed E-state index contributed by atoms with van der Waals surface area (Å²) in [6.07, 6.45) is 4.91. The van der Waals surface area contributed by atoms with E-state index in [1.54, 1.807) is 41.9 Å². The second-order valence-electron chi connectivity index (χ2n) is 4.11. The summed E-state index contributed by atoms with van der Waals surface area (Å²) in [7, 11) is 0. The number of hydrogen-bond donors (Lipinski definition) is 1. The second kappa shape index (κ2) is 5.63. The van der Waals surface area contributed by atoms with Gasteiger partial charge in [-0.1, -0.05) is 6.07 Å². The van der Waals surface area contributed by atoms with E-state index in [0.29, 0.717) is 11.4 Å². The van der Waals surface area contributed by atoms with E-state index in [1.165, 1.54) is 6.20 Å². The molecule has 0 bridgehead atoms. The van der Waals surface area contributed by atoms with Crippen molar-refractivity contribution >= 4 is 23.1 Å². The number of rotatable bonds is 3. The van der Waals surface area contributed by atoms with Gasteiger partial charge in [0.05, 0.1) is 5.56 Å². The highest BCUT2D eigenvalue weighted by Gasteiger charge is 2.06. The van der Waals surface area contributed by atoms with Gasteiger partial charge in [0.2, 0.25) is 0 Å². The SMILES string of the molecule is O=C(Nc1ccc(-c2cccs2)cn1)c1cccnc1. The summed E-state index contributed by atoms with van der Waals surface area (Å²) in [5.41, 5.74) is 1.55. The van der Waals surface area contributed by atoms with Gasteiger partial charge in [0.1, 0.15) is 5.82 Å². The summed E-state index contributed by atoms with van der Waals surface area (Å²) in [6, 6.07) is 11.2. The van der Waals surface area contributed by atoms with Crippen molar-refractivity contribution < 1.29 is 4.79 Å². The summed E-state index contributed by atoms with van der Waals surface area (Å²) in [5.74, 6) is 0.314. The van der Waals surface area contributed by atoms with Gasteiger partial charge >= 0.3 is 0 Å². The minimum absolute atomic E-state index is 0.213. The van der Waals surface area contributed by atoms with Gasteiger partial charge in [0.15, 0.2) is 0 Å². The molecule has 0 radical (unpaired) electrons. The first-order chi connectivity index (χ1) is 9.83. The zero-order valence-corrected chi connectivity index (χ0v) is 11.3. The number of hydrogen-bond acceptors (Lipinski definition) is 4. The van der Waals surface area contributed by atoms with Crippen molar-refractivity contribution in [3.63, 3.8) is 0 Å². The maximum Gasteiger partial charge on any atom is 0.258 e. The van der Waals surface area contributed by atoms with Crippen LogP contribution >= 0.6 is 11.3 Å². The lowest BCUT2D eigenvalue weighted by molar-refractivity contribution is 0.102. The lowest BCUT2D eigenvalue weighted by Gasteiger charge is -2.04. The van der Waals surface area contributed by atoms with Gasteiger partial charge in [-0.05, 0) is 35.7 Å². The molecule has 0 aliphatic carbocycles. The molecule has 3 rings (SSSR count). The Kier molecular flexibility index (Phi) is 3.52. The van der Waals surface area contributed by atoms with Crippen LogP contribution in [0.2, 0.25) is 0 Å². The number of pyridine rings is 2. The molecule has 0 aliphatic heterocycles. The zero-order valence-electron chi connectivity index (χ0n) is 10.5. The van der Waals surface area contributed by atoms with Crippen molar-refractivity contribution in [3.05, 3.63) is 65.9 Å². The molecule has 1 amide bonds. The molecule has 0 atom stereocenters. The molecule has 5 heteroatoms. The van der Waals surface area contributed by atoms with Crippen LogP contribution < -0.4 is 5.32 Å². The summed E-state index contributed by atoms with van der Waals surface area (Å²) < 4.78 is 0. The first-order valence-electron chi connectivity index (χ1n) is 6.04. The molecule has 20 heavy (non-hydrogen) atoms. The minimum Gasteiger partial charge on any atom is -0.307 e. The fourth-order valence-corrected chi connectivity index (χ4v) is 2.46. The number of amides is 1. The fourth-order valence-electron chi connectivity index (χ4n) is 1.74. The Morgan fingerprint density at radius 2 is 2.05 bits per heavy atom. The molecule has 0 spiro atoms. The molecular weight excluding hydrogens is 270 g/mol. The summed E-state index contributed by atoms with van der Waals surface area (Å²) in [5, 5.41) is 4.77. The Morgan fingerprint density at radius 3 is 2.70 bits per heavy atom. The minimum atomic E-state index is -0.213. The molecule has 0 saturated carbocycles. The normalized spacial score (nSPS) is 10.2. The Bertz CT molecular complexity index is 694. The standard InChI is InChI=1S/C15H11N3OS/c19-15(12-3-1-7-16-9-12)18-14-6-5-11(10-17-14)13-4-2-8-20-13/h1-10H,(H,17,18,19). The van der Waals surface area contributed by atoms with E-state index in [0.717, 1.165) is 10.4 Å². The molecule has 0 fully saturated rings. The van der Waals surface area contributed by atoms with Crippen LogP contribution in [-0.2, 0) is 0 Å². The predicted molar refractivity (Wildman–Crippen MR) is 79.7 cm³/mol. The van der Waals surface area contributed by atoms with E-state index in [4.69, 9.17) is 0 Å². The highest BCUT2D eigenvalue weighted by molar-refractivity contribution is 7.13. The summed E-state index contributed by atoms with van der Waals surface area (Å²) in [6.45, 7) is 0. The van der Waals surface area contributed by atoms with Crippen molar-refractivity contribution in [2.24, 2.45) is 0 Å². The molecule has 0 unspecified atom stereocenters. The molecule has 4 nitrogen and oxygen atoms in total. The van der Waals surface area contributed by atoms with E-state index >= 15 is 0 Å². The van der Waals surface area contributed by atoms with Gasteiger partial charge < -0.3 is 5.32 Å². The Hall–Kier alpha value is -2.53. The van der Waals surface area contributed by atoms with E-state index in [9.17, 15) is 4.79 Å². The number of aromatic nitrogens is 2. The molecular formula is C15H11N3OS. The number of nitrogens with zero attached hydrogens (tertiary/aromatic N) is 2. The molecule has 1 N–H and O–H groups in total. The molecule has 0 saturated heterocycles. The Balaban J connectivity index is 1.74. The number of carbonyl (C=O) groups is 1. The van der Waals surface area contributed by atoms with Crippen LogP contribution in [0.5, 0.6) is 0 Å². The number of anilines is 1. The van der Waals surface area contributed by atoms with Gasteiger partial charge in [0.25, 0.3) is 5.91 Å². The molecule has 3 aromatic heterocycles. The smallest absolute Gasteiger partial charge is 0.258 e. The van der Waals surface area contributed by atoms with E-state index < -0.39 is 0 Å². The Morgan fingerprint density at radius 1 is 1.10 bits per heavy atom. The highest BCUT2D eigenvalue weighted by atomic mass is 32.1. The van der Waals surface area contributed by atoms with Gasteiger partial charge in [0, 0.05) is 29.0 Å². The van der Waals surface area contributed by atoms with Crippen LogP contribution in [0.3, 0.4) is 0 Å². The van der Waals surface area contributed by atoms with Crippen molar-refractivity contribution in [1.82, 2.24) is 9.97 Å². The van der Waals surface area contributed by atoms with Gasteiger partial charge in [-0.3, -0.25) is 9.78 Å². The number of nitrogens with one attached hydrogen (secondary N) is 1. The summed E-state index contributed by atoms with van der Waals surface area (Å²) in [4.78, 5) is 21.3. The third-order valence-corrected chi connectivity index (χ3v) is 3.65. The monoisotopic (exact) mass is 281 g/mol. The lowest BCUT2D eigenvalue weighted by Crippen LogP contribution is -2.12. The fraction of sp³-hybridized carbons (Fsp3) is 0. The van der Waals surface area contributed by atoms with Crippen molar-refractivity contribution in [2.45, 2.75) is 0 Å². The van der Waals surface area contributed by atoms with Crippen molar-refractivity contribution in [2.75, 3.05) is 5.32 Å². The average molecular weight is 281 g/mol. The number of carbonyl (C=O) groups excluding carboxylic acids is 1. The Labute approximate surface area is 120 Å².